The molecular formula is C12H24N2. The summed E-state index contributed by atoms with van der Waals surface area (Å²) in [5.74, 6) is 1.91. The van der Waals surface area contributed by atoms with Crippen LogP contribution >= 0.6 is 0 Å². The fourth-order valence-electron chi connectivity index (χ4n) is 2.63. The Bertz CT molecular complexity index is 183. The van der Waals surface area contributed by atoms with Crippen LogP contribution in [-0.4, -0.2) is 37.6 Å². The predicted molar refractivity (Wildman–Crippen MR) is 60.4 cm³/mol. The Balaban J connectivity index is 1.74. The molecule has 2 aliphatic heterocycles. The van der Waals surface area contributed by atoms with Gasteiger partial charge < -0.3 is 10.2 Å². The molecule has 2 saturated heterocycles. The summed E-state index contributed by atoms with van der Waals surface area (Å²) in [7, 11) is 0. The maximum absolute atomic E-state index is 3.49. The van der Waals surface area contributed by atoms with Crippen molar-refractivity contribution in [3.05, 3.63) is 0 Å². The van der Waals surface area contributed by atoms with Gasteiger partial charge in [-0.25, -0.2) is 0 Å². The van der Waals surface area contributed by atoms with Crippen LogP contribution in [0.1, 0.15) is 27.2 Å². The van der Waals surface area contributed by atoms with E-state index in [0.717, 1.165) is 11.8 Å². The maximum atomic E-state index is 3.49. The minimum absolute atomic E-state index is 0.496. The standard InChI is InChI=1S/C12H24N2/c1-12(2,3)4-5-14-8-10-6-13-7-11(10)9-14/h10-11,13H,4-9H2,1-3H3. The van der Waals surface area contributed by atoms with Gasteiger partial charge in [0.1, 0.15) is 0 Å². The molecule has 82 valence electrons. The number of nitrogens with zero attached hydrogens (tertiary/aromatic N) is 1. The van der Waals surface area contributed by atoms with Crippen LogP contribution in [-0.2, 0) is 0 Å². The first-order chi connectivity index (χ1) is 6.54. The van der Waals surface area contributed by atoms with E-state index in [2.05, 4.69) is 31.0 Å². The van der Waals surface area contributed by atoms with Crippen molar-refractivity contribution < 1.29 is 0 Å². The van der Waals surface area contributed by atoms with Crippen molar-refractivity contribution in [1.29, 1.82) is 0 Å². The number of hydrogen-bond donors (Lipinski definition) is 1. The molecule has 2 atom stereocenters. The second-order valence-corrected chi connectivity index (χ2v) is 6.25. The summed E-state index contributed by atoms with van der Waals surface area (Å²) < 4.78 is 0. The first-order valence-electron chi connectivity index (χ1n) is 5.98. The molecule has 0 bridgehead atoms. The Hall–Kier alpha value is -0.0800. The molecule has 2 heteroatoms. The van der Waals surface area contributed by atoms with E-state index >= 15 is 0 Å². The fourth-order valence-corrected chi connectivity index (χ4v) is 2.63. The van der Waals surface area contributed by atoms with Crippen LogP contribution in [0.3, 0.4) is 0 Å². The number of nitrogens with one attached hydrogen (secondary N) is 1. The van der Waals surface area contributed by atoms with Gasteiger partial charge >= 0.3 is 0 Å². The van der Waals surface area contributed by atoms with Crippen molar-refractivity contribution in [3.63, 3.8) is 0 Å². The van der Waals surface area contributed by atoms with Crippen LogP contribution in [0.15, 0.2) is 0 Å². The summed E-state index contributed by atoms with van der Waals surface area (Å²) in [5, 5.41) is 3.49. The lowest BCUT2D eigenvalue weighted by Crippen LogP contribution is -2.28. The second-order valence-electron chi connectivity index (χ2n) is 6.25. The Morgan fingerprint density at radius 1 is 1.14 bits per heavy atom. The third kappa shape index (κ3) is 2.48. The molecule has 0 aromatic heterocycles. The lowest BCUT2D eigenvalue weighted by molar-refractivity contribution is 0.252. The molecule has 0 radical (unpaired) electrons. The largest absolute Gasteiger partial charge is 0.316 e. The molecular weight excluding hydrogens is 172 g/mol. The first-order valence-corrected chi connectivity index (χ1v) is 5.98. The molecule has 0 aromatic carbocycles. The molecule has 14 heavy (non-hydrogen) atoms. The van der Waals surface area contributed by atoms with Crippen molar-refractivity contribution in [2.24, 2.45) is 17.3 Å². The zero-order valence-electron chi connectivity index (χ0n) is 9.84. The van der Waals surface area contributed by atoms with E-state index in [1.807, 2.05) is 0 Å². The number of likely N-dealkylation sites (tertiary alicyclic amines) is 1. The van der Waals surface area contributed by atoms with Gasteiger partial charge in [-0.1, -0.05) is 20.8 Å². The Morgan fingerprint density at radius 2 is 1.71 bits per heavy atom. The van der Waals surface area contributed by atoms with Crippen molar-refractivity contribution in [2.75, 3.05) is 32.7 Å². The quantitative estimate of drug-likeness (QED) is 0.721. The average Bonchev–Trinajstić information content (AvgIpc) is 2.56. The molecule has 0 amide bonds. The summed E-state index contributed by atoms with van der Waals surface area (Å²) in [6, 6.07) is 0. The van der Waals surface area contributed by atoms with Crippen LogP contribution < -0.4 is 5.32 Å². The third-order valence-electron chi connectivity index (χ3n) is 3.64. The van der Waals surface area contributed by atoms with Gasteiger partial charge in [0.2, 0.25) is 0 Å². The van der Waals surface area contributed by atoms with E-state index in [1.165, 1.54) is 39.1 Å². The lowest BCUT2D eigenvalue weighted by atomic mass is 9.92. The molecule has 1 N–H and O–H groups in total. The maximum Gasteiger partial charge on any atom is 0.00255 e. The SMILES string of the molecule is CC(C)(C)CCN1CC2CNCC2C1. The van der Waals surface area contributed by atoms with Crippen molar-refractivity contribution >= 4 is 0 Å². The smallest absolute Gasteiger partial charge is 0.00255 e. The van der Waals surface area contributed by atoms with Gasteiger partial charge in [-0.15, -0.1) is 0 Å². The van der Waals surface area contributed by atoms with Gasteiger partial charge in [0, 0.05) is 13.1 Å². The molecule has 0 aromatic rings. The Labute approximate surface area is 88.1 Å². The molecule has 2 heterocycles. The van der Waals surface area contributed by atoms with Crippen molar-refractivity contribution in [1.82, 2.24) is 10.2 Å². The van der Waals surface area contributed by atoms with E-state index in [-0.39, 0.29) is 0 Å². The predicted octanol–water partition coefficient (Wildman–Crippen LogP) is 1.57. The summed E-state index contributed by atoms with van der Waals surface area (Å²) >= 11 is 0. The Kier molecular flexibility index (Phi) is 2.85. The van der Waals surface area contributed by atoms with Gasteiger partial charge in [0.15, 0.2) is 0 Å². The average molecular weight is 196 g/mol. The third-order valence-corrected chi connectivity index (χ3v) is 3.64. The van der Waals surface area contributed by atoms with E-state index in [4.69, 9.17) is 0 Å². The summed E-state index contributed by atoms with van der Waals surface area (Å²) in [5.41, 5.74) is 0.496. The monoisotopic (exact) mass is 196 g/mol. The topological polar surface area (TPSA) is 15.3 Å². The van der Waals surface area contributed by atoms with Crippen LogP contribution in [0.5, 0.6) is 0 Å². The minimum Gasteiger partial charge on any atom is -0.316 e. The highest BCUT2D eigenvalue weighted by molar-refractivity contribution is 4.91. The molecule has 0 aliphatic carbocycles. The normalized spacial score (nSPS) is 33.6. The molecule has 0 spiro atoms. The van der Waals surface area contributed by atoms with Crippen molar-refractivity contribution in [3.8, 4) is 0 Å². The van der Waals surface area contributed by atoms with E-state index in [9.17, 15) is 0 Å². The first kappa shape index (κ1) is 10.4. The summed E-state index contributed by atoms with van der Waals surface area (Å²) in [6.07, 6.45) is 1.33. The molecule has 0 saturated carbocycles. The van der Waals surface area contributed by atoms with Crippen LogP contribution in [0.2, 0.25) is 0 Å². The molecule has 2 unspecified atom stereocenters. The van der Waals surface area contributed by atoms with Crippen LogP contribution in [0, 0.1) is 17.3 Å². The molecule has 2 rings (SSSR count). The zero-order chi connectivity index (χ0) is 10.2. The number of fused-ring (bicyclic) bond motifs is 1. The van der Waals surface area contributed by atoms with Crippen LogP contribution in [0.25, 0.3) is 0 Å². The number of hydrogen-bond acceptors (Lipinski definition) is 2. The van der Waals surface area contributed by atoms with E-state index in [0.29, 0.717) is 5.41 Å². The molecule has 2 nitrogen and oxygen atoms in total. The number of rotatable bonds is 2. The molecule has 2 aliphatic rings. The van der Waals surface area contributed by atoms with Gasteiger partial charge in [-0.3, -0.25) is 0 Å². The highest BCUT2D eigenvalue weighted by Gasteiger charge is 2.35. The fraction of sp³-hybridized carbons (Fsp3) is 1.00. The second kappa shape index (κ2) is 3.82. The summed E-state index contributed by atoms with van der Waals surface area (Å²) in [6.45, 7) is 13.5. The highest BCUT2D eigenvalue weighted by atomic mass is 15.2. The van der Waals surface area contributed by atoms with Gasteiger partial charge in [0.05, 0.1) is 0 Å². The van der Waals surface area contributed by atoms with Crippen LogP contribution in [0.4, 0.5) is 0 Å². The van der Waals surface area contributed by atoms with Gasteiger partial charge in [-0.05, 0) is 43.3 Å². The zero-order valence-corrected chi connectivity index (χ0v) is 9.84. The minimum atomic E-state index is 0.496. The van der Waals surface area contributed by atoms with E-state index < -0.39 is 0 Å². The van der Waals surface area contributed by atoms with E-state index in [1.54, 1.807) is 0 Å². The molecule has 2 fully saturated rings. The van der Waals surface area contributed by atoms with Crippen molar-refractivity contribution in [2.45, 2.75) is 27.2 Å². The summed E-state index contributed by atoms with van der Waals surface area (Å²) in [4.78, 5) is 2.67. The Morgan fingerprint density at radius 3 is 2.21 bits per heavy atom. The highest BCUT2D eigenvalue weighted by Crippen LogP contribution is 2.28. The lowest BCUT2D eigenvalue weighted by Gasteiger charge is -2.23. The van der Waals surface area contributed by atoms with Gasteiger partial charge in [-0.2, -0.15) is 0 Å². The van der Waals surface area contributed by atoms with Gasteiger partial charge in [0.25, 0.3) is 0 Å².